The highest BCUT2D eigenvalue weighted by molar-refractivity contribution is 6.04. The predicted octanol–water partition coefficient (Wildman–Crippen LogP) is 12.3. The molecule has 266 valence electrons. The van der Waals surface area contributed by atoms with E-state index in [1.807, 2.05) is 91.1 Å². The van der Waals surface area contributed by atoms with Gasteiger partial charge in [-0.3, -0.25) is 0 Å². The van der Waals surface area contributed by atoms with Crippen molar-refractivity contribution in [3.8, 4) is 67.8 Å². The van der Waals surface area contributed by atoms with Crippen molar-refractivity contribution in [1.82, 2.24) is 29.9 Å². The summed E-state index contributed by atoms with van der Waals surface area (Å²) in [4.78, 5) is 29.3. The van der Waals surface area contributed by atoms with Crippen LogP contribution < -0.4 is 0 Å². The Morgan fingerprint density at radius 1 is 0.316 bits per heavy atom. The van der Waals surface area contributed by atoms with Crippen LogP contribution in [0.4, 0.5) is 0 Å². The Balaban J connectivity index is 0.946. The Bertz CT molecular complexity index is 3290. The molecule has 0 spiro atoms. The average Bonchev–Trinajstić information content (AvgIpc) is 3.66. The summed E-state index contributed by atoms with van der Waals surface area (Å²) in [7, 11) is 0. The Kier molecular flexibility index (Phi) is 7.67. The molecule has 0 aliphatic carbocycles. The Hall–Kier alpha value is -7.90. The maximum absolute atomic E-state index is 6.10. The van der Waals surface area contributed by atoms with E-state index in [4.69, 9.17) is 29.3 Å². The summed E-state index contributed by atoms with van der Waals surface area (Å²) < 4.78 is 6.10. The van der Waals surface area contributed by atoms with Crippen molar-refractivity contribution < 1.29 is 4.42 Å². The van der Waals surface area contributed by atoms with E-state index in [0.717, 1.165) is 49.9 Å². The topological polar surface area (TPSA) is 90.5 Å². The molecular formula is C50H30N6O. The molecule has 0 unspecified atom stereocenters. The normalized spacial score (nSPS) is 11.5. The monoisotopic (exact) mass is 730 g/mol. The number of hydrogen-bond donors (Lipinski definition) is 0. The molecule has 4 heterocycles. The van der Waals surface area contributed by atoms with Gasteiger partial charge in [0.05, 0.1) is 11.6 Å². The fourth-order valence-electron chi connectivity index (χ4n) is 7.45. The van der Waals surface area contributed by atoms with E-state index < -0.39 is 0 Å². The second kappa shape index (κ2) is 13.4. The number of furan rings is 1. The van der Waals surface area contributed by atoms with Crippen LogP contribution in [-0.2, 0) is 0 Å². The molecule has 0 amide bonds. The van der Waals surface area contributed by atoms with E-state index in [1.54, 1.807) is 6.20 Å². The summed E-state index contributed by atoms with van der Waals surface area (Å²) in [6.07, 6.45) is 3.58. The molecule has 0 N–H and O–H groups in total. The summed E-state index contributed by atoms with van der Waals surface area (Å²) in [5.74, 6) is 2.37. The quantitative estimate of drug-likeness (QED) is 0.157. The van der Waals surface area contributed by atoms with Crippen LogP contribution in [0.15, 0.2) is 187 Å². The summed E-state index contributed by atoms with van der Waals surface area (Å²) in [5.41, 5.74) is 9.65. The zero-order valence-electron chi connectivity index (χ0n) is 30.4. The third-order valence-electron chi connectivity index (χ3n) is 10.4. The molecule has 4 aromatic heterocycles. The van der Waals surface area contributed by atoms with Crippen LogP contribution >= 0.6 is 0 Å². The van der Waals surface area contributed by atoms with Crippen molar-refractivity contribution >= 4 is 43.7 Å². The zero-order valence-corrected chi connectivity index (χ0v) is 30.4. The van der Waals surface area contributed by atoms with Gasteiger partial charge in [0, 0.05) is 34.0 Å². The Morgan fingerprint density at radius 2 is 0.860 bits per heavy atom. The number of aromatic nitrogens is 6. The highest BCUT2D eigenvalue weighted by atomic mass is 16.3. The lowest BCUT2D eigenvalue weighted by Gasteiger charge is -2.10. The molecule has 0 saturated carbocycles. The molecule has 0 fully saturated rings. The van der Waals surface area contributed by atoms with Crippen LogP contribution in [0, 0.1) is 0 Å². The third-order valence-corrected chi connectivity index (χ3v) is 10.4. The SMILES string of the molecule is c1ccc(-c2cccc(-c3nc(-c4ccccc4)nc(-c4ccc(-c5ncc6oc7ncc(-c8ccc9cc%10ccccc%10cc9c8)cc7c6n5)cc4)n3)c2)cc1. The third kappa shape index (κ3) is 6.04. The van der Waals surface area contributed by atoms with Crippen molar-refractivity contribution in [2.75, 3.05) is 0 Å². The number of nitrogens with zero attached hydrogens (tertiary/aromatic N) is 6. The van der Waals surface area contributed by atoms with Gasteiger partial charge in [0.15, 0.2) is 28.9 Å². The van der Waals surface area contributed by atoms with Crippen molar-refractivity contribution in [3.63, 3.8) is 0 Å². The van der Waals surface area contributed by atoms with E-state index in [-0.39, 0.29) is 0 Å². The fraction of sp³-hybridized carbons (Fsp3) is 0. The van der Waals surface area contributed by atoms with E-state index in [1.165, 1.54) is 21.5 Å². The first-order chi connectivity index (χ1) is 28.2. The van der Waals surface area contributed by atoms with Gasteiger partial charge in [-0.05, 0) is 68.6 Å². The predicted molar refractivity (Wildman–Crippen MR) is 228 cm³/mol. The van der Waals surface area contributed by atoms with E-state index in [9.17, 15) is 0 Å². The standard InChI is InChI=1S/C50H30N6O/c1-3-10-31(11-4-1)35-16-9-17-40(25-35)49-55-47(32-12-5-2-6-13-32)54-48(56-49)34-20-18-33(19-21-34)46-51-30-44-45(53-46)43-28-42(29-52-50(43)57-44)39-23-22-38-24-36-14-7-8-15-37(36)26-41(38)27-39/h1-30H. The minimum absolute atomic E-state index is 0.525. The average molecular weight is 731 g/mol. The maximum Gasteiger partial charge on any atom is 0.229 e. The van der Waals surface area contributed by atoms with Gasteiger partial charge in [-0.15, -0.1) is 0 Å². The lowest BCUT2D eigenvalue weighted by molar-refractivity contribution is 0.651. The van der Waals surface area contributed by atoms with Crippen molar-refractivity contribution in [2.45, 2.75) is 0 Å². The first-order valence-electron chi connectivity index (χ1n) is 18.7. The van der Waals surface area contributed by atoms with Gasteiger partial charge in [-0.2, -0.15) is 0 Å². The number of benzene rings is 7. The molecule has 0 saturated heterocycles. The highest BCUT2D eigenvalue weighted by Crippen LogP contribution is 2.34. The van der Waals surface area contributed by atoms with Crippen molar-refractivity contribution in [1.29, 1.82) is 0 Å². The van der Waals surface area contributed by atoms with E-state index >= 15 is 0 Å². The van der Waals surface area contributed by atoms with Crippen LogP contribution in [0.5, 0.6) is 0 Å². The molecule has 11 rings (SSSR count). The van der Waals surface area contributed by atoms with Gasteiger partial charge >= 0.3 is 0 Å². The molecular weight excluding hydrogens is 701 g/mol. The van der Waals surface area contributed by atoms with Crippen molar-refractivity contribution in [2.24, 2.45) is 0 Å². The minimum atomic E-state index is 0.525. The van der Waals surface area contributed by atoms with Crippen LogP contribution in [0.2, 0.25) is 0 Å². The van der Waals surface area contributed by atoms with Gasteiger partial charge in [0.2, 0.25) is 5.71 Å². The molecule has 0 aliphatic rings. The molecule has 7 aromatic carbocycles. The Morgan fingerprint density at radius 3 is 1.60 bits per heavy atom. The summed E-state index contributed by atoms with van der Waals surface area (Å²) in [6, 6.07) is 58.2. The molecule has 57 heavy (non-hydrogen) atoms. The number of rotatable bonds is 6. The highest BCUT2D eigenvalue weighted by Gasteiger charge is 2.16. The lowest BCUT2D eigenvalue weighted by atomic mass is 9.99. The van der Waals surface area contributed by atoms with Gasteiger partial charge in [-0.25, -0.2) is 29.9 Å². The smallest absolute Gasteiger partial charge is 0.229 e. The van der Waals surface area contributed by atoms with Gasteiger partial charge in [0.1, 0.15) is 5.52 Å². The minimum Gasteiger partial charge on any atom is -0.434 e. The van der Waals surface area contributed by atoms with Gasteiger partial charge in [0.25, 0.3) is 0 Å². The van der Waals surface area contributed by atoms with E-state index in [2.05, 4.69) is 89.9 Å². The number of hydrogen-bond acceptors (Lipinski definition) is 7. The largest absolute Gasteiger partial charge is 0.434 e. The van der Waals surface area contributed by atoms with Crippen LogP contribution in [0.3, 0.4) is 0 Å². The van der Waals surface area contributed by atoms with E-state index in [0.29, 0.717) is 40.1 Å². The molecule has 0 aliphatic heterocycles. The molecule has 0 radical (unpaired) electrons. The second-order valence-electron chi connectivity index (χ2n) is 14.0. The first kappa shape index (κ1) is 32.5. The van der Waals surface area contributed by atoms with Crippen LogP contribution in [0.25, 0.3) is 112 Å². The summed E-state index contributed by atoms with van der Waals surface area (Å²) >= 11 is 0. The fourth-order valence-corrected chi connectivity index (χ4v) is 7.45. The lowest BCUT2D eigenvalue weighted by Crippen LogP contribution is -2.00. The van der Waals surface area contributed by atoms with Crippen LogP contribution in [0.1, 0.15) is 0 Å². The molecule has 0 atom stereocenters. The molecule has 7 heteroatoms. The molecule has 11 aromatic rings. The summed E-state index contributed by atoms with van der Waals surface area (Å²) in [6.45, 7) is 0. The maximum atomic E-state index is 6.10. The molecule has 0 bridgehead atoms. The van der Waals surface area contributed by atoms with Gasteiger partial charge < -0.3 is 4.42 Å². The van der Waals surface area contributed by atoms with Crippen molar-refractivity contribution in [3.05, 3.63) is 182 Å². The number of pyridine rings is 1. The molecule has 7 nitrogen and oxygen atoms in total. The summed E-state index contributed by atoms with van der Waals surface area (Å²) in [5, 5.41) is 5.66. The zero-order chi connectivity index (χ0) is 37.7. The van der Waals surface area contributed by atoms with Gasteiger partial charge in [-0.1, -0.05) is 140 Å². The first-order valence-corrected chi connectivity index (χ1v) is 18.7. The second-order valence-corrected chi connectivity index (χ2v) is 14.0. The van der Waals surface area contributed by atoms with Crippen LogP contribution in [-0.4, -0.2) is 29.9 Å². The Labute approximate surface area is 327 Å². The number of fused-ring (bicyclic) bond motifs is 5.